The fourth-order valence-corrected chi connectivity index (χ4v) is 3.24. The first kappa shape index (κ1) is 15.8. The molecule has 0 aliphatic rings. The van der Waals surface area contributed by atoms with E-state index in [0.29, 0.717) is 12.0 Å². The summed E-state index contributed by atoms with van der Waals surface area (Å²) in [5.41, 5.74) is 5.25. The quantitative estimate of drug-likeness (QED) is 0.660. The normalized spacial score (nSPS) is 11.8. The lowest BCUT2D eigenvalue weighted by atomic mass is 9.86. The van der Waals surface area contributed by atoms with Gasteiger partial charge in [0.1, 0.15) is 6.07 Å². The van der Waals surface area contributed by atoms with Gasteiger partial charge in [-0.25, -0.2) is 0 Å². The van der Waals surface area contributed by atoms with Crippen LogP contribution in [0.4, 0.5) is 0 Å². The third-order valence-electron chi connectivity index (χ3n) is 4.50. The van der Waals surface area contributed by atoms with Gasteiger partial charge >= 0.3 is 0 Å². The van der Waals surface area contributed by atoms with Crippen molar-refractivity contribution < 1.29 is 0 Å². The molecule has 0 amide bonds. The second kappa shape index (κ2) is 7.02. The molecule has 0 saturated heterocycles. The Balaban J connectivity index is 2.07. The van der Waals surface area contributed by atoms with Crippen LogP contribution in [0, 0.1) is 29.6 Å². The van der Waals surface area contributed by atoms with Gasteiger partial charge in [-0.3, -0.25) is 0 Å². The number of aromatic nitrogens is 1. The van der Waals surface area contributed by atoms with Gasteiger partial charge in [0.2, 0.25) is 0 Å². The molecular formula is C21H19N3. The number of fused-ring (bicyclic) bond motifs is 1. The molecule has 0 fully saturated rings. The summed E-state index contributed by atoms with van der Waals surface area (Å²) in [5, 5.41) is 19.3. The molecule has 1 aromatic heterocycles. The summed E-state index contributed by atoms with van der Waals surface area (Å²) in [6, 6.07) is 18.9. The van der Waals surface area contributed by atoms with Gasteiger partial charge in [-0.1, -0.05) is 42.0 Å². The van der Waals surface area contributed by atoms with E-state index in [-0.39, 0.29) is 5.92 Å². The van der Waals surface area contributed by atoms with Crippen LogP contribution in [0.5, 0.6) is 0 Å². The molecule has 3 aromatic rings. The van der Waals surface area contributed by atoms with Gasteiger partial charge in [0, 0.05) is 23.9 Å². The van der Waals surface area contributed by atoms with Crippen LogP contribution in [0.1, 0.15) is 47.4 Å². The van der Waals surface area contributed by atoms with Gasteiger partial charge in [0.05, 0.1) is 17.1 Å². The second-order valence-electron chi connectivity index (χ2n) is 6.10. The molecule has 0 aliphatic heterocycles. The van der Waals surface area contributed by atoms with Gasteiger partial charge < -0.3 is 4.98 Å². The Morgan fingerprint density at radius 3 is 2.58 bits per heavy atom. The highest BCUT2D eigenvalue weighted by Gasteiger charge is 2.18. The van der Waals surface area contributed by atoms with Gasteiger partial charge in [-0.2, -0.15) is 10.5 Å². The summed E-state index contributed by atoms with van der Waals surface area (Å²) in [6.07, 6.45) is 4.36. The average Bonchev–Trinajstić information content (AvgIpc) is 3.04. The van der Waals surface area contributed by atoms with Crippen LogP contribution in [0.15, 0.2) is 48.7 Å². The molecule has 1 heterocycles. The monoisotopic (exact) mass is 313 g/mol. The fourth-order valence-electron chi connectivity index (χ4n) is 3.24. The molecule has 1 N–H and O–H groups in total. The van der Waals surface area contributed by atoms with Crippen LogP contribution >= 0.6 is 0 Å². The SMILES string of the molecule is Cc1ccc(C(CCCC#N)c2c[nH]c3c(C#N)cccc23)cc1. The van der Waals surface area contributed by atoms with Crippen LogP contribution < -0.4 is 0 Å². The minimum atomic E-state index is 0.224. The van der Waals surface area contributed by atoms with Crippen molar-refractivity contribution in [3.63, 3.8) is 0 Å². The lowest BCUT2D eigenvalue weighted by molar-refractivity contribution is 0.676. The molecule has 0 bridgehead atoms. The van der Waals surface area contributed by atoms with E-state index >= 15 is 0 Å². The van der Waals surface area contributed by atoms with Crippen LogP contribution in [0.2, 0.25) is 0 Å². The van der Waals surface area contributed by atoms with E-state index in [0.717, 1.165) is 23.7 Å². The zero-order chi connectivity index (χ0) is 16.9. The highest BCUT2D eigenvalue weighted by atomic mass is 14.7. The highest BCUT2D eigenvalue weighted by molar-refractivity contribution is 5.88. The number of benzene rings is 2. The van der Waals surface area contributed by atoms with Gasteiger partial charge in [0.25, 0.3) is 0 Å². The van der Waals surface area contributed by atoms with E-state index in [2.05, 4.69) is 54.4 Å². The van der Waals surface area contributed by atoms with E-state index in [1.165, 1.54) is 16.7 Å². The highest BCUT2D eigenvalue weighted by Crippen LogP contribution is 2.35. The number of nitrogens with one attached hydrogen (secondary N) is 1. The number of hydrogen-bond donors (Lipinski definition) is 1. The zero-order valence-corrected chi connectivity index (χ0v) is 13.7. The maximum absolute atomic E-state index is 9.30. The number of aromatic amines is 1. The van der Waals surface area contributed by atoms with E-state index in [9.17, 15) is 5.26 Å². The van der Waals surface area contributed by atoms with Gasteiger partial charge in [-0.15, -0.1) is 0 Å². The third-order valence-corrected chi connectivity index (χ3v) is 4.50. The average molecular weight is 313 g/mol. The standard InChI is InChI=1S/C21H19N3/c1-15-8-10-16(11-9-15)18(6-2-3-12-22)20-14-24-21-17(13-23)5-4-7-19(20)21/h4-5,7-11,14,18,24H,2-3,6H2,1H3. The van der Waals surface area contributed by atoms with Gasteiger partial charge in [-0.05, 0) is 37.0 Å². The summed E-state index contributed by atoms with van der Waals surface area (Å²) in [7, 11) is 0. The topological polar surface area (TPSA) is 63.4 Å². The van der Waals surface area contributed by atoms with Crippen molar-refractivity contribution in [3.05, 3.63) is 70.9 Å². The first-order valence-corrected chi connectivity index (χ1v) is 8.18. The molecule has 0 spiro atoms. The summed E-state index contributed by atoms with van der Waals surface area (Å²) >= 11 is 0. The number of rotatable bonds is 5. The molecule has 0 radical (unpaired) electrons. The third kappa shape index (κ3) is 3.03. The number of aryl methyl sites for hydroxylation is 1. The molecule has 3 heteroatoms. The molecule has 0 aliphatic carbocycles. The zero-order valence-electron chi connectivity index (χ0n) is 13.7. The Hall–Kier alpha value is -3.04. The van der Waals surface area contributed by atoms with Crippen LogP contribution in [0.3, 0.4) is 0 Å². The van der Waals surface area contributed by atoms with E-state index < -0.39 is 0 Å². The van der Waals surface area contributed by atoms with Crippen molar-refractivity contribution >= 4 is 10.9 Å². The van der Waals surface area contributed by atoms with Crippen molar-refractivity contribution in [2.45, 2.75) is 32.1 Å². The molecule has 1 unspecified atom stereocenters. The van der Waals surface area contributed by atoms with E-state index in [1.54, 1.807) is 0 Å². The molecule has 24 heavy (non-hydrogen) atoms. The number of hydrogen-bond acceptors (Lipinski definition) is 2. The van der Waals surface area contributed by atoms with E-state index in [4.69, 9.17) is 5.26 Å². The molecule has 118 valence electrons. The number of para-hydroxylation sites is 1. The smallest absolute Gasteiger partial charge is 0.101 e. The summed E-state index contributed by atoms with van der Waals surface area (Å²) in [4.78, 5) is 3.27. The number of nitrogens with zero attached hydrogens (tertiary/aromatic N) is 2. The van der Waals surface area contributed by atoms with E-state index in [1.807, 2.05) is 18.3 Å². The molecular weight excluding hydrogens is 294 g/mol. The Morgan fingerprint density at radius 2 is 1.88 bits per heavy atom. The van der Waals surface area contributed by atoms with Crippen LogP contribution in [0.25, 0.3) is 10.9 Å². The minimum absolute atomic E-state index is 0.224. The van der Waals surface area contributed by atoms with Crippen molar-refractivity contribution in [1.82, 2.24) is 4.98 Å². The van der Waals surface area contributed by atoms with Crippen molar-refractivity contribution in [2.75, 3.05) is 0 Å². The fraction of sp³-hybridized carbons (Fsp3) is 0.238. The maximum Gasteiger partial charge on any atom is 0.101 e. The Labute approximate surface area is 142 Å². The van der Waals surface area contributed by atoms with Gasteiger partial charge in [0.15, 0.2) is 0 Å². The predicted octanol–water partition coefficient (Wildman–Crippen LogP) is 5.17. The first-order chi connectivity index (χ1) is 11.7. The lowest BCUT2D eigenvalue weighted by Gasteiger charge is -2.17. The molecule has 2 aromatic carbocycles. The summed E-state index contributed by atoms with van der Waals surface area (Å²) in [5.74, 6) is 0.224. The molecule has 3 rings (SSSR count). The number of nitriles is 2. The summed E-state index contributed by atoms with van der Waals surface area (Å²) in [6.45, 7) is 2.08. The molecule has 3 nitrogen and oxygen atoms in total. The minimum Gasteiger partial charge on any atom is -0.360 e. The molecule has 1 atom stereocenters. The van der Waals surface area contributed by atoms with Crippen LogP contribution in [-0.2, 0) is 0 Å². The second-order valence-corrected chi connectivity index (χ2v) is 6.10. The lowest BCUT2D eigenvalue weighted by Crippen LogP contribution is -2.01. The Morgan fingerprint density at radius 1 is 1.08 bits per heavy atom. The number of unbranched alkanes of at least 4 members (excludes halogenated alkanes) is 1. The predicted molar refractivity (Wildman–Crippen MR) is 95.5 cm³/mol. The first-order valence-electron chi connectivity index (χ1n) is 8.18. The van der Waals surface area contributed by atoms with Crippen molar-refractivity contribution in [2.24, 2.45) is 0 Å². The molecule has 0 saturated carbocycles. The Bertz CT molecular complexity index is 920. The maximum atomic E-state index is 9.30. The van der Waals surface area contributed by atoms with Crippen molar-refractivity contribution in [3.8, 4) is 12.1 Å². The van der Waals surface area contributed by atoms with Crippen LogP contribution in [-0.4, -0.2) is 4.98 Å². The van der Waals surface area contributed by atoms with Crippen molar-refractivity contribution in [1.29, 1.82) is 10.5 Å². The Kier molecular flexibility index (Phi) is 4.64. The summed E-state index contributed by atoms with van der Waals surface area (Å²) < 4.78 is 0. The number of H-pyrrole nitrogens is 1. The largest absolute Gasteiger partial charge is 0.360 e.